The van der Waals surface area contributed by atoms with Gasteiger partial charge in [0.1, 0.15) is 0 Å². The number of anilines is 1. The number of aromatic nitrogens is 1. The van der Waals surface area contributed by atoms with Crippen molar-refractivity contribution in [3.8, 4) is 0 Å². The van der Waals surface area contributed by atoms with Crippen molar-refractivity contribution in [1.82, 2.24) is 4.98 Å². The van der Waals surface area contributed by atoms with Gasteiger partial charge in [-0.05, 0) is 24.6 Å². The Morgan fingerprint density at radius 3 is 2.58 bits per heavy atom. The largest absolute Gasteiger partial charge is 0.476 e. The van der Waals surface area contributed by atoms with E-state index in [-0.39, 0.29) is 5.69 Å². The van der Waals surface area contributed by atoms with E-state index >= 15 is 0 Å². The number of carboxylic acid groups (broad SMARTS) is 1. The molecule has 1 aromatic carbocycles. The van der Waals surface area contributed by atoms with Gasteiger partial charge in [-0.25, -0.2) is 9.78 Å². The van der Waals surface area contributed by atoms with E-state index in [1.807, 2.05) is 42.2 Å². The summed E-state index contributed by atoms with van der Waals surface area (Å²) in [5.74, 6) is -0.998. The minimum atomic E-state index is -0.998. The zero-order valence-electron chi connectivity index (χ0n) is 10.8. The molecule has 0 unspecified atom stereocenters. The van der Waals surface area contributed by atoms with Crippen molar-refractivity contribution >= 4 is 11.7 Å². The third kappa shape index (κ3) is 3.10. The first kappa shape index (κ1) is 13.1. The van der Waals surface area contributed by atoms with Crippen LogP contribution in [0.5, 0.6) is 0 Å². The summed E-state index contributed by atoms with van der Waals surface area (Å²) >= 11 is 0. The Labute approximate surface area is 112 Å². The summed E-state index contributed by atoms with van der Waals surface area (Å²) in [5.41, 5.74) is 1.89. The van der Waals surface area contributed by atoms with Gasteiger partial charge in [0.05, 0.1) is 5.69 Å². The van der Waals surface area contributed by atoms with Crippen LogP contribution in [0, 0.1) is 0 Å². The normalized spacial score (nSPS) is 10.2. The van der Waals surface area contributed by atoms with E-state index in [4.69, 9.17) is 0 Å². The number of rotatable bonds is 5. The van der Waals surface area contributed by atoms with E-state index in [1.165, 1.54) is 6.20 Å². The second kappa shape index (κ2) is 6.00. The van der Waals surface area contributed by atoms with Gasteiger partial charge in [0.15, 0.2) is 5.69 Å². The molecule has 2 rings (SSSR count). The van der Waals surface area contributed by atoms with Crippen LogP contribution in [0.2, 0.25) is 0 Å². The summed E-state index contributed by atoms with van der Waals surface area (Å²) in [6, 6.07) is 13.5. The first-order chi connectivity index (χ1) is 9.22. The molecule has 0 fully saturated rings. The van der Waals surface area contributed by atoms with Crippen molar-refractivity contribution < 1.29 is 9.90 Å². The van der Waals surface area contributed by atoms with Crippen LogP contribution in [0.4, 0.5) is 5.69 Å². The molecule has 0 radical (unpaired) electrons. The van der Waals surface area contributed by atoms with Crippen LogP contribution in [-0.2, 0) is 6.54 Å². The number of pyridine rings is 1. The Balaban J connectivity index is 2.30. The second-order valence-corrected chi connectivity index (χ2v) is 4.18. The zero-order valence-corrected chi connectivity index (χ0v) is 10.8. The lowest BCUT2D eigenvalue weighted by molar-refractivity contribution is 0.0691. The topological polar surface area (TPSA) is 53.4 Å². The van der Waals surface area contributed by atoms with Crippen LogP contribution in [0.3, 0.4) is 0 Å². The molecule has 1 aromatic heterocycles. The summed E-state index contributed by atoms with van der Waals surface area (Å²) < 4.78 is 0. The lowest BCUT2D eigenvalue weighted by atomic mass is 10.2. The van der Waals surface area contributed by atoms with Crippen LogP contribution in [0.15, 0.2) is 48.7 Å². The molecule has 0 aliphatic carbocycles. The van der Waals surface area contributed by atoms with Crippen molar-refractivity contribution in [3.63, 3.8) is 0 Å². The van der Waals surface area contributed by atoms with Gasteiger partial charge in [0.2, 0.25) is 0 Å². The number of benzene rings is 1. The Hall–Kier alpha value is -2.36. The Bertz CT molecular complexity index is 555. The summed E-state index contributed by atoms with van der Waals surface area (Å²) in [4.78, 5) is 17.2. The standard InChI is InChI=1S/C15H16N2O2/c1-2-17(11-12-7-4-3-5-8-12)13-9-6-10-16-14(13)15(18)19/h3-10H,2,11H2,1H3,(H,18,19). The average molecular weight is 256 g/mol. The molecule has 2 aromatic rings. The van der Waals surface area contributed by atoms with Gasteiger partial charge in [-0.1, -0.05) is 30.3 Å². The smallest absolute Gasteiger partial charge is 0.356 e. The molecule has 0 saturated carbocycles. The maximum absolute atomic E-state index is 11.2. The molecule has 0 bridgehead atoms. The van der Waals surface area contributed by atoms with E-state index in [0.29, 0.717) is 12.2 Å². The zero-order chi connectivity index (χ0) is 13.7. The fraction of sp³-hybridized carbons (Fsp3) is 0.200. The highest BCUT2D eigenvalue weighted by Gasteiger charge is 2.16. The highest BCUT2D eigenvalue weighted by atomic mass is 16.4. The van der Waals surface area contributed by atoms with Crippen LogP contribution >= 0.6 is 0 Å². The summed E-state index contributed by atoms with van der Waals surface area (Å²) in [6.07, 6.45) is 1.50. The summed E-state index contributed by atoms with van der Waals surface area (Å²) in [6.45, 7) is 3.39. The quantitative estimate of drug-likeness (QED) is 0.893. The SMILES string of the molecule is CCN(Cc1ccccc1)c1cccnc1C(=O)O. The lowest BCUT2D eigenvalue weighted by Crippen LogP contribution is -2.24. The highest BCUT2D eigenvalue weighted by molar-refractivity contribution is 5.92. The molecule has 4 heteroatoms. The number of nitrogens with zero attached hydrogens (tertiary/aromatic N) is 2. The number of carbonyl (C=O) groups is 1. The van der Waals surface area contributed by atoms with Gasteiger partial charge in [-0.3, -0.25) is 0 Å². The van der Waals surface area contributed by atoms with E-state index in [2.05, 4.69) is 4.98 Å². The van der Waals surface area contributed by atoms with E-state index in [1.54, 1.807) is 12.1 Å². The second-order valence-electron chi connectivity index (χ2n) is 4.18. The molecule has 0 amide bonds. The monoisotopic (exact) mass is 256 g/mol. The third-order valence-corrected chi connectivity index (χ3v) is 2.93. The van der Waals surface area contributed by atoms with Gasteiger partial charge in [0, 0.05) is 19.3 Å². The Morgan fingerprint density at radius 2 is 1.95 bits per heavy atom. The van der Waals surface area contributed by atoms with Crippen LogP contribution in [-0.4, -0.2) is 22.6 Å². The minimum absolute atomic E-state index is 0.0975. The predicted molar refractivity (Wildman–Crippen MR) is 74.4 cm³/mol. The summed E-state index contributed by atoms with van der Waals surface area (Å²) in [5, 5.41) is 9.19. The molecule has 0 saturated heterocycles. The Kier molecular flexibility index (Phi) is 4.13. The molecule has 98 valence electrons. The molecule has 4 nitrogen and oxygen atoms in total. The minimum Gasteiger partial charge on any atom is -0.476 e. The van der Waals surface area contributed by atoms with E-state index in [0.717, 1.165) is 12.1 Å². The molecule has 1 heterocycles. The molecule has 0 spiro atoms. The number of aromatic carboxylic acids is 1. The third-order valence-electron chi connectivity index (χ3n) is 2.93. The predicted octanol–water partition coefficient (Wildman–Crippen LogP) is 2.81. The van der Waals surface area contributed by atoms with Crippen molar-refractivity contribution in [2.45, 2.75) is 13.5 Å². The maximum Gasteiger partial charge on any atom is 0.356 e. The fourth-order valence-corrected chi connectivity index (χ4v) is 1.99. The van der Waals surface area contributed by atoms with E-state index in [9.17, 15) is 9.90 Å². The van der Waals surface area contributed by atoms with Gasteiger partial charge in [0.25, 0.3) is 0 Å². The molecule has 0 aliphatic heterocycles. The molecule has 19 heavy (non-hydrogen) atoms. The van der Waals surface area contributed by atoms with E-state index < -0.39 is 5.97 Å². The number of hydrogen-bond acceptors (Lipinski definition) is 3. The van der Waals surface area contributed by atoms with Gasteiger partial charge in [-0.15, -0.1) is 0 Å². The first-order valence-corrected chi connectivity index (χ1v) is 6.19. The Morgan fingerprint density at radius 1 is 1.21 bits per heavy atom. The van der Waals surface area contributed by atoms with Crippen molar-refractivity contribution in [2.75, 3.05) is 11.4 Å². The first-order valence-electron chi connectivity index (χ1n) is 6.19. The van der Waals surface area contributed by atoms with Crippen molar-refractivity contribution in [1.29, 1.82) is 0 Å². The molecule has 0 aliphatic rings. The summed E-state index contributed by atoms with van der Waals surface area (Å²) in [7, 11) is 0. The average Bonchev–Trinajstić information content (AvgIpc) is 2.46. The highest BCUT2D eigenvalue weighted by Crippen LogP contribution is 2.20. The molecule has 1 N–H and O–H groups in total. The molecule has 0 atom stereocenters. The lowest BCUT2D eigenvalue weighted by Gasteiger charge is -2.24. The van der Waals surface area contributed by atoms with Gasteiger partial charge < -0.3 is 10.0 Å². The fourth-order valence-electron chi connectivity index (χ4n) is 1.99. The van der Waals surface area contributed by atoms with Gasteiger partial charge in [-0.2, -0.15) is 0 Å². The molecular formula is C15H16N2O2. The number of hydrogen-bond donors (Lipinski definition) is 1. The van der Waals surface area contributed by atoms with Gasteiger partial charge >= 0.3 is 5.97 Å². The van der Waals surface area contributed by atoms with Crippen molar-refractivity contribution in [3.05, 3.63) is 59.9 Å². The molecular weight excluding hydrogens is 240 g/mol. The van der Waals surface area contributed by atoms with Crippen LogP contribution in [0.1, 0.15) is 23.0 Å². The van der Waals surface area contributed by atoms with Crippen LogP contribution in [0.25, 0.3) is 0 Å². The number of carboxylic acids is 1. The van der Waals surface area contributed by atoms with Crippen LogP contribution < -0.4 is 4.90 Å². The maximum atomic E-state index is 11.2. The van der Waals surface area contributed by atoms with Crippen molar-refractivity contribution in [2.24, 2.45) is 0 Å².